The molecule has 0 aromatic heterocycles. The molecule has 0 radical (unpaired) electrons. The van der Waals surface area contributed by atoms with Gasteiger partial charge in [0, 0.05) is 19.8 Å². The first kappa shape index (κ1) is 18.9. The van der Waals surface area contributed by atoms with E-state index in [0.29, 0.717) is 18.0 Å². The van der Waals surface area contributed by atoms with Crippen LogP contribution in [0.4, 0.5) is 5.69 Å². The lowest BCUT2D eigenvalue weighted by Crippen LogP contribution is -2.40. The van der Waals surface area contributed by atoms with Gasteiger partial charge in [0.2, 0.25) is 5.91 Å². The summed E-state index contributed by atoms with van der Waals surface area (Å²) in [6.45, 7) is 0.117. The van der Waals surface area contributed by atoms with Crippen LogP contribution < -0.4 is 14.8 Å². The van der Waals surface area contributed by atoms with Crippen molar-refractivity contribution < 1.29 is 17.9 Å². The van der Waals surface area contributed by atoms with Crippen LogP contribution in [0.2, 0.25) is 0 Å². The lowest BCUT2D eigenvalue weighted by molar-refractivity contribution is -0.115. The van der Waals surface area contributed by atoms with E-state index in [1.807, 2.05) is 30.3 Å². The maximum Gasteiger partial charge on any atom is 0.279 e. The van der Waals surface area contributed by atoms with Crippen molar-refractivity contribution in [1.82, 2.24) is 9.03 Å². The zero-order chi connectivity index (χ0) is 18.3. The molecule has 0 saturated carbocycles. The van der Waals surface area contributed by atoms with Crippen molar-refractivity contribution in [3.8, 4) is 5.75 Å². The van der Waals surface area contributed by atoms with E-state index >= 15 is 0 Å². The topological polar surface area (TPSA) is 87.7 Å². The van der Waals surface area contributed by atoms with Crippen LogP contribution in [-0.4, -0.2) is 39.3 Å². The van der Waals surface area contributed by atoms with Gasteiger partial charge in [0.15, 0.2) is 0 Å². The summed E-state index contributed by atoms with van der Waals surface area (Å²) in [7, 11) is -0.857. The Bertz CT molecular complexity index is 790. The van der Waals surface area contributed by atoms with Crippen LogP contribution in [0.15, 0.2) is 54.6 Å². The minimum atomic E-state index is -3.62. The minimum absolute atomic E-state index is 0.341. The Labute approximate surface area is 147 Å². The van der Waals surface area contributed by atoms with Crippen molar-refractivity contribution in [1.29, 1.82) is 0 Å². The van der Waals surface area contributed by atoms with Crippen molar-refractivity contribution in [3.63, 3.8) is 0 Å². The van der Waals surface area contributed by atoms with Crippen molar-refractivity contribution >= 4 is 21.8 Å². The second-order valence-electron chi connectivity index (χ2n) is 5.46. The molecular weight excluding hydrogens is 342 g/mol. The van der Waals surface area contributed by atoms with Crippen LogP contribution in [-0.2, 0) is 21.6 Å². The molecule has 8 heteroatoms. The fourth-order valence-electron chi connectivity index (χ4n) is 1.87. The third kappa shape index (κ3) is 6.18. The Morgan fingerprint density at radius 2 is 1.68 bits per heavy atom. The van der Waals surface area contributed by atoms with Crippen molar-refractivity contribution in [2.45, 2.75) is 6.61 Å². The van der Waals surface area contributed by atoms with Crippen molar-refractivity contribution in [3.05, 3.63) is 60.2 Å². The van der Waals surface area contributed by atoms with E-state index in [2.05, 4.69) is 10.0 Å². The summed E-state index contributed by atoms with van der Waals surface area (Å²) >= 11 is 0. The molecule has 0 unspecified atom stereocenters. The number of ether oxygens (including phenoxy) is 1. The molecule has 0 bridgehead atoms. The Morgan fingerprint density at radius 3 is 2.28 bits per heavy atom. The maximum atomic E-state index is 11.8. The number of carbonyl (C=O) groups excluding carboxylic acids is 1. The first-order valence-electron chi connectivity index (χ1n) is 7.60. The molecule has 7 nitrogen and oxygen atoms in total. The summed E-state index contributed by atoms with van der Waals surface area (Å²) in [5, 5.41) is 2.61. The predicted molar refractivity (Wildman–Crippen MR) is 96.5 cm³/mol. The number of nitrogens with zero attached hydrogens (tertiary/aromatic N) is 1. The molecule has 2 rings (SSSR count). The summed E-state index contributed by atoms with van der Waals surface area (Å²) in [5.74, 6) is 0.221. The largest absolute Gasteiger partial charge is 0.489 e. The average Bonchev–Trinajstić information content (AvgIpc) is 2.60. The smallest absolute Gasteiger partial charge is 0.279 e. The zero-order valence-corrected chi connectivity index (χ0v) is 14.9. The molecule has 0 saturated heterocycles. The molecule has 0 atom stereocenters. The van der Waals surface area contributed by atoms with Crippen LogP contribution in [0, 0.1) is 0 Å². The zero-order valence-electron chi connectivity index (χ0n) is 14.1. The van der Waals surface area contributed by atoms with Crippen LogP contribution in [0.5, 0.6) is 5.75 Å². The van der Waals surface area contributed by atoms with Crippen LogP contribution >= 0.6 is 0 Å². The first-order valence-corrected chi connectivity index (χ1v) is 9.04. The number of carbonyl (C=O) groups is 1. The van der Waals surface area contributed by atoms with Crippen LogP contribution in [0.3, 0.4) is 0 Å². The van der Waals surface area contributed by atoms with Gasteiger partial charge >= 0.3 is 0 Å². The Hall–Kier alpha value is -2.42. The van der Waals surface area contributed by atoms with Crippen LogP contribution in [0.1, 0.15) is 5.56 Å². The van der Waals surface area contributed by atoms with E-state index in [9.17, 15) is 13.2 Å². The van der Waals surface area contributed by atoms with Gasteiger partial charge in [-0.1, -0.05) is 30.3 Å². The SMILES string of the molecule is CN(C)S(=O)(=O)NCC(=O)Nc1ccc(OCc2ccccc2)cc1. The highest BCUT2D eigenvalue weighted by Gasteiger charge is 2.14. The predicted octanol–water partition coefficient (Wildman–Crippen LogP) is 1.60. The number of hydrogen-bond donors (Lipinski definition) is 2. The summed E-state index contributed by atoms with van der Waals surface area (Å²) in [6, 6.07) is 16.7. The molecule has 0 aliphatic heterocycles. The van der Waals surface area contributed by atoms with E-state index in [0.717, 1.165) is 9.87 Å². The van der Waals surface area contributed by atoms with Gasteiger partial charge < -0.3 is 10.1 Å². The van der Waals surface area contributed by atoms with Gasteiger partial charge in [0.25, 0.3) is 10.2 Å². The number of nitrogens with one attached hydrogen (secondary N) is 2. The number of rotatable bonds is 8. The molecule has 0 heterocycles. The molecule has 1 amide bonds. The molecule has 2 N–H and O–H groups in total. The third-order valence-corrected chi connectivity index (χ3v) is 4.75. The molecule has 0 aliphatic rings. The van der Waals surface area contributed by atoms with Crippen LogP contribution in [0.25, 0.3) is 0 Å². The molecule has 2 aromatic carbocycles. The van der Waals surface area contributed by atoms with E-state index in [4.69, 9.17) is 4.74 Å². The Morgan fingerprint density at radius 1 is 1.04 bits per heavy atom. The van der Waals surface area contributed by atoms with Gasteiger partial charge in [0.1, 0.15) is 12.4 Å². The van der Waals surface area contributed by atoms with Gasteiger partial charge in [-0.2, -0.15) is 17.4 Å². The summed E-state index contributed by atoms with van der Waals surface area (Å²) in [4.78, 5) is 11.8. The van der Waals surface area contributed by atoms with E-state index in [1.165, 1.54) is 14.1 Å². The molecular formula is C17H21N3O4S. The molecule has 0 spiro atoms. The van der Waals surface area contributed by atoms with Crippen molar-refractivity contribution in [2.24, 2.45) is 0 Å². The summed E-state index contributed by atoms with van der Waals surface area (Å²) in [5.41, 5.74) is 1.62. The summed E-state index contributed by atoms with van der Waals surface area (Å²) < 4.78 is 31.9. The van der Waals surface area contributed by atoms with Crippen molar-refractivity contribution in [2.75, 3.05) is 26.0 Å². The molecule has 25 heavy (non-hydrogen) atoms. The Balaban J connectivity index is 1.82. The lowest BCUT2D eigenvalue weighted by atomic mass is 10.2. The van der Waals surface area contributed by atoms with Gasteiger partial charge in [-0.25, -0.2) is 0 Å². The van der Waals surface area contributed by atoms with E-state index in [1.54, 1.807) is 24.3 Å². The normalized spacial score (nSPS) is 11.3. The quantitative estimate of drug-likeness (QED) is 0.746. The molecule has 134 valence electrons. The number of anilines is 1. The Kier molecular flexibility index (Phi) is 6.51. The number of amides is 1. The number of benzene rings is 2. The van der Waals surface area contributed by atoms with E-state index < -0.39 is 16.1 Å². The maximum absolute atomic E-state index is 11.8. The standard InChI is InChI=1S/C17H21N3O4S/c1-20(2)25(22,23)18-12-17(21)19-15-8-10-16(11-9-15)24-13-14-6-4-3-5-7-14/h3-11,18H,12-13H2,1-2H3,(H,19,21). The molecule has 2 aromatic rings. The van der Waals surface area contributed by atoms with Gasteiger partial charge in [-0.15, -0.1) is 0 Å². The summed E-state index contributed by atoms with van der Waals surface area (Å²) in [6.07, 6.45) is 0. The van der Waals surface area contributed by atoms with E-state index in [-0.39, 0.29) is 6.54 Å². The van der Waals surface area contributed by atoms with Gasteiger partial charge in [-0.3, -0.25) is 4.79 Å². The highest BCUT2D eigenvalue weighted by Crippen LogP contribution is 2.17. The average molecular weight is 363 g/mol. The minimum Gasteiger partial charge on any atom is -0.489 e. The fourth-order valence-corrected chi connectivity index (χ4v) is 2.44. The molecule has 0 fully saturated rings. The highest BCUT2D eigenvalue weighted by molar-refractivity contribution is 7.87. The lowest BCUT2D eigenvalue weighted by Gasteiger charge is -2.12. The highest BCUT2D eigenvalue weighted by atomic mass is 32.2. The third-order valence-electron chi connectivity index (χ3n) is 3.28. The molecule has 0 aliphatic carbocycles. The number of hydrogen-bond acceptors (Lipinski definition) is 4. The second-order valence-corrected chi connectivity index (χ2v) is 7.42. The van der Waals surface area contributed by atoms with Gasteiger partial charge in [0.05, 0.1) is 6.54 Å². The van der Waals surface area contributed by atoms with Gasteiger partial charge in [-0.05, 0) is 29.8 Å². The second kappa shape index (κ2) is 8.61. The first-order chi connectivity index (χ1) is 11.9. The fraction of sp³-hybridized carbons (Fsp3) is 0.235. The monoisotopic (exact) mass is 363 g/mol.